The van der Waals surface area contributed by atoms with Gasteiger partial charge in [0.25, 0.3) is 0 Å². The van der Waals surface area contributed by atoms with E-state index in [2.05, 4.69) is 29.3 Å². The number of hydrogen-bond acceptors (Lipinski definition) is 4. The monoisotopic (exact) mass is 357 g/mol. The van der Waals surface area contributed by atoms with E-state index in [-0.39, 0.29) is 11.9 Å². The van der Waals surface area contributed by atoms with Gasteiger partial charge in [0.2, 0.25) is 5.91 Å². The molecule has 0 saturated heterocycles. The molecular weight excluding hydrogens is 330 g/mol. The zero-order valence-electron chi connectivity index (χ0n) is 15.1. The lowest BCUT2D eigenvalue weighted by Crippen LogP contribution is -2.36. The smallest absolute Gasteiger partial charge is 0.234 e. The van der Waals surface area contributed by atoms with E-state index in [4.69, 9.17) is 4.98 Å². The Morgan fingerprint density at radius 1 is 1.36 bits per heavy atom. The molecule has 2 aromatic rings. The Balaban J connectivity index is 1.47. The predicted octanol–water partition coefficient (Wildman–Crippen LogP) is 4.30. The van der Waals surface area contributed by atoms with Crippen LogP contribution in [0.1, 0.15) is 50.1 Å². The van der Waals surface area contributed by atoms with Gasteiger partial charge in [-0.2, -0.15) is 0 Å². The average Bonchev–Trinajstić information content (AvgIpc) is 3.06. The molecule has 25 heavy (non-hydrogen) atoms. The van der Waals surface area contributed by atoms with E-state index in [1.54, 1.807) is 11.3 Å². The first-order valence-corrected chi connectivity index (χ1v) is 9.95. The predicted molar refractivity (Wildman–Crippen MR) is 105 cm³/mol. The van der Waals surface area contributed by atoms with Crippen LogP contribution in [0.25, 0.3) is 10.2 Å². The van der Waals surface area contributed by atoms with Gasteiger partial charge in [0.1, 0.15) is 5.01 Å². The Labute approximate surface area is 153 Å². The molecular formula is C20H27N3OS. The maximum Gasteiger partial charge on any atom is 0.234 e. The number of carbonyl (C=O) groups excluding carboxylic acids is 1. The summed E-state index contributed by atoms with van der Waals surface area (Å²) in [5.74, 6) is 0.0897. The van der Waals surface area contributed by atoms with E-state index < -0.39 is 0 Å². The molecule has 1 heterocycles. The molecule has 3 rings (SSSR count). The van der Waals surface area contributed by atoms with Crippen LogP contribution >= 0.6 is 11.3 Å². The first-order valence-electron chi connectivity index (χ1n) is 9.14. The van der Waals surface area contributed by atoms with Crippen LogP contribution in [0, 0.1) is 0 Å². The van der Waals surface area contributed by atoms with Crippen molar-refractivity contribution in [2.45, 2.75) is 45.1 Å². The summed E-state index contributed by atoms with van der Waals surface area (Å²) in [7, 11) is 1.99. The van der Waals surface area contributed by atoms with Crippen molar-refractivity contribution in [3.63, 3.8) is 0 Å². The van der Waals surface area contributed by atoms with E-state index in [1.165, 1.54) is 36.0 Å². The fourth-order valence-corrected chi connectivity index (χ4v) is 4.26. The number of nitrogens with one attached hydrogen (secondary N) is 1. The molecule has 4 nitrogen and oxygen atoms in total. The normalized spacial score (nSPS) is 16.0. The third-order valence-corrected chi connectivity index (χ3v) is 6.08. The molecule has 0 bridgehead atoms. The molecule has 5 heteroatoms. The van der Waals surface area contributed by atoms with Gasteiger partial charge in [-0.1, -0.05) is 23.8 Å². The topological polar surface area (TPSA) is 45.2 Å². The van der Waals surface area contributed by atoms with Gasteiger partial charge in [0.05, 0.1) is 22.8 Å². The Morgan fingerprint density at radius 2 is 2.20 bits per heavy atom. The lowest BCUT2D eigenvalue weighted by atomic mass is 9.97. The highest BCUT2D eigenvalue weighted by Crippen LogP contribution is 2.28. The summed E-state index contributed by atoms with van der Waals surface area (Å²) in [5.41, 5.74) is 2.54. The van der Waals surface area contributed by atoms with E-state index in [0.29, 0.717) is 6.54 Å². The van der Waals surface area contributed by atoms with Crippen LogP contribution in [0.3, 0.4) is 0 Å². The molecule has 1 aliphatic rings. The number of likely N-dealkylation sites (N-methyl/N-ethyl adjacent to an activating group) is 1. The Hall–Kier alpha value is -1.72. The van der Waals surface area contributed by atoms with E-state index in [9.17, 15) is 4.79 Å². The molecule has 0 unspecified atom stereocenters. The van der Waals surface area contributed by atoms with Crippen LogP contribution in [0.15, 0.2) is 35.9 Å². The van der Waals surface area contributed by atoms with Crippen LogP contribution < -0.4 is 5.32 Å². The molecule has 1 aromatic carbocycles. The van der Waals surface area contributed by atoms with Gasteiger partial charge in [0, 0.05) is 6.54 Å². The Morgan fingerprint density at radius 3 is 2.96 bits per heavy atom. The molecule has 0 fully saturated rings. The van der Waals surface area contributed by atoms with Crippen LogP contribution in [-0.2, 0) is 4.79 Å². The summed E-state index contributed by atoms with van der Waals surface area (Å²) in [6.07, 6.45) is 8.34. The number of nitrogens with zero attached hydrogens (tertiary/aromatic N) is 2. The molecule has 1 aliphatic carbocycles. The first-order chi connectivity index (χ1) is 12.1. The summed E-state index contributed by atoms with van der Waals surface area (Å²) < 4.78 is 1.20. The fraction of sp³-hybridized carbons (Fsp3) is 0.500. The first kappa shape index (κ1) is 18.1. The number of allylic oxidation sites excluding steroid dienone is 1. The maximum atomic E-state index is 12.2. The van der Waals surface area contributed by atoms with E-state index in [1.807, 2.05) is 25.2 Å². The van der Waals surface area contributed by atoms with Crippen molar-refractivity contribution in [2.24, 2.45) is 0 Å². The largest absolute Gasteiger partial charge is 0.355 e. The van der Waals surface area contributed by atoms with Gasteiger partial charge in [-0.05, 0) is 58.2 Å². The van der Waals surface area contributed by atoms with Crippen molar-refractivity contribution in [1.29, 1.82) is 0 Å². The molecule has 1 atom stereocenters. The molecule has 0 saturated carbocycles. The molecule has 0 aliphatic heterocycles. The number of rotatable bonds is 7. The molecule has 0 radical (unpaired) electrons. The maximum absolute atomic E-state index is 12.2. The zero-order chi connectivity index (χ0) is 17.6. The number of benzene rings is 1. The second-order valence-electron chi connectivity index (χ2n) is 6.82. The molecule has 1 N–H and O–H groups in total. The second kappa shape index (κ2) is 8.59. The van der Waals surface area contributed by atoms with Gasteiger partial charge >= 0.3 is 0 Å². The average molecular weight is 358 g/mol. The van der Waals surface area contributed by atoms with Crippen molar-refractivity contribution in [2.75, 3.05) is 20.1 Å². The summed E-state index contributed by atoms with van der Waals surface area (Å²) in [4.78, 5) is 19.0. The number of aromatic nitrogens is 1. The summed E-state index contributed by atoms with van der Waals surface area (Å²) in [6, 6.07) is 8.30. The van der Waals surface area contributed by atoms with Crippen molar-refractivity contribution in [3.8, 4) is 0 Å². The SMILES string of the molecule is C[C@@H](c1nc2ccccc2s1)N(C)CC(=O)NCCC1=CCCCC1. The molecule has 134 valence electrons. The number of fused-ring (bicyclic) bond motifs is 1. The lowest BCUT2D eigenvalue weighted by molar-refractivity contribution is -0.122. The van der Waals surface area contributed by atoms with Gasteiger partial charge in [-0.3, -0.25) is 9.69 Å². The van der Waals surface area contributed by atoms with Crippen LogP contribution in [0.4, 0.5) is 0 Å². The standard InChI is InChI=1S/C20H27N3OS/c1-15(20-22-17-10-6-7-11-18(17)25-20)23(2)14-19(24)21-13-12-16-8-4-3-5-9-16/h6-8,10-11,15H,3-5,9,12-14H2,1-2H3,(H,21,24)/t15-/m0/s1. The van der Waals surface area contributed by atoms with Gasteiger partial charge in [-0.15, -0.1) is 11.3 Å². The number of carbonyl (C=O) groups is 1. The third-order valence-electron chi connectivity index (χ3n) is 4.88. The van der Waals surface area contributed by atoms with Crippen molar-refractivity contribution in [3.05, 3.63) is 40.9 Å². The highest BCUT2D eigenvalue weighted by Gasteiger charge is 2.18. The number of amides is 1. The lowest BCUT2D eigenvalue weighted by Gasteiger charge is -2.22. The van der Waals surface area contributed by atoms with Crippen LogP contribution in [0.2, 0.25) is 0 Å². The van der Waals surface area contributed by atoms with Crippen molar-refractivity contribution in [1.82, 2.24) is 15.2 Å². The quantitative estimate of drug-likeness (QED) is 0.752. The number of hydrogen-bond donors (Lipinski definition) is 1. The second-order valence-corrected chi connectivity index (χ2v) is 7.88. The molecule has 0 spiro atoms. The van der Waals surface area contributed by atoms with Crippen molar-refractivity contribution < 1.29 is 4.79 Å². The summed E-state index contributed by atoms with van der Waals surface area (Å²) in [5, 5.41) is 4.11. The number of thiazole rings is 1. The van der Waals surface area contributed by atoms with E-state index in [0.717, 1.165) is 23.5 Å². The minimum absolute atomic E-state index is 0.0897. The van der Waals surface area contributed by atoms with Gasteiger partial charge in [0.15, 0.2) is 0 Å². The third kappa shape index (κ3) is 4.89. The Bertz CT molecular complexity index is 719. The summed E-state index contributed by atoms with van der Waals surface area (Å²) >= 11 is 1.71. The highest BCUT2D eigenvalue weighted by molar-refractivity contribution is 7.18. The highest BCUT2D eigenvalue weighted by atomic mass is 32.1. The summed E-state index contributed by atoms with van der Waals surface area (Å²) in [6.45, 7) is 3.25. The molecule has 1 amide bonds. The fourth-order valence-electron chi connectivity index (χ4n) is 3.17. The van der Waals surface area contributed by atoms with Crippen LogP contribution in [-0.4, -0.2) is 35.9 Å². The van der Waals surface area contributed by atoms with Crippen molar-refractivity contribution >= 4 is 27.5 Å². The van der Waals surface area contributed by atoms with E-state index >= 15 is 0 Å². The Kier molecular flexibility index (Phi) is 6.21. The zero-order valence-corrected chi connectivity index (χ0v) is 15.9. The molecule has 1 aromatic heterocycles. The minimum atomic E-state index is 0.0897. The van der Waals surface area contributed by atoms with Crippen LogP contribution in [0.5, 0.6) is 0 Å². The minimum Gasteiger partial charge on any atom is -0.355 e. The van der Waals surface area contributed by atoms with Gasteiger partial charge < -0.3 is 5.32 Å². The van der Waals surface area contributed by atoms with Gasteiger partial charge in [-0.25, -0.2) is 4.98 Å². The number of para-hydroxylation sites is 1.